The lowest BCUT2D eigenvalue weighted by atomic mass is 10.1. The van der Waals surface area contributed by atoms with Gasteiger partial charge in [0.2, 0.25) is 0 Å². The van der Waals surface area contributed by atoms with Crippen LogP contribution < -0.4 is 0 Å². The topological polar surface area (TPSA) is 57.6 Å². The van der Waals surface area contributed by atoms with E-state index >= 15 is 0 Å². The van der Waals surface area contributed by atoms with Crippen LogP contribution in [-0.2, 0) is 4.79 Å². The van der Waals surface area contributed by atoms with Crippen molar-refractivity contribution in [1.29, 1.82) is 0 Å². The number of carbonyl (C=O) groups excluding carboxylic acids is 1. The van der Waals surface area contributed by atoms with Gasteiger partial charge in [-0.15, -0.1) is 0 Å². The SMILES string of the molecule is Cc1c(Br)cccc1C(=O)N1CCSCC1C(=O)O. The molecule has 1 unspecified atom stereocenters. The zero-order valence-corrected chi connectivity index (χ0v) is 12.8. The highest BCUT2D eigenvalue weighted by molar-refractivity contribution is 9.10. The summed E-state index contributed by atoms with van der Waals surface area (Å²) in [4.78, 5) is 25.2. The number of benzene rings is 1. The number of carbonyl (C=O) groups is 2. The molecule has 0 aliphatic carbocycles. The van der Waals surface area contributed by atoms with Gasteiger partial charge in [0.25, 0.3) is 5.91 Å². The van der Waals surface area contributed by atoms with Crippen LogP contribution in [0.1, 0.15) is 15.9 Å². The van der Waals surface area contributed by atoms with Gasteiger partial charge < -0.3 is 10.0 Å². The minimum Gasteiger partial charge on any atom is -0.480 e. The minimum atomic E-state index is -0.937. The van der Waals surface area contributed by atoms with E-state index in [0.29, 0.717) is 17.9 Å². The van der Waals surface area contributed by atoms with Gasteiger partial charge >= 0.3 is 5.97 Å². The van der Waals surface area contributed by atoms with Crippen molar-refractivity contribution in [1.82, 2.24) is 4.90 Å². The third-order valence-corrected chi connectivity index (χ3v) is 5.05. The monoisotopic (exact) mass is 343 g/mol. The molecule has 1 aliphatic heterocycles. The van der Waals surface area contributed by atoms with E-state index < -0.39 is 12.0 Å². The van der Waals surface area contributed by atoms with Crippen molar-refractivity contribution in [2.45, 2.75) is 13.0 Å². The van der Waals surface area contributed by atoms with E-state index in [-0.39, 0.29) is 5.91 Å². The lowest BCUT2D eigenvalue weighted by molar-refractivity contribution is -0.141. The van der Waals surface area contributed by atoms with Gasteiger partial charge in [0.1, 0.15) is 6.04 Å². The predicted octanol–water partition coefficient (Wildman–Crippen LogP) is 2.40. The van der Waals surface area contributed by atoms with Crippen LogP contribution in [0.25, 0.3) is 0 Å². The van der Waals surface area contributed by atoms with Crippen LogP contribution in [0.4, 0.5) is 0 Å². The molecule has 1 aliphatic rings. The van der Waals surface area contributed by atoms with Gasteiger partial charge in [0.15, 0.2) is 0 Å². The van der Waals surface area contributed by atoms with Crippen molar-refractivity contribution in [3.63, 3.8) is 0 Å². The number of halogens is 1. The van der Waals surface area contributed by atoms with Crippen LogP contribution in [0.2, 0.25) is 0 Å². The van der Waals surface area contributed by atoms with Gasteiger partial charge in [-0.1, -0.05) is 22.0 Å². The molecule has 1 fully saturated rings. The number of hydrogen-bond donors (Lipinski definition) is 1. The first-order chi connectivity index (χ1) is 9.02. The number of aliphatic carboxylic acids is 1. The zero-order valence-electron chi connectivity index (χ0n) is 10.4. The summed E-state index contributed by atoms with van der Waals surface area (Å²) >= 11 is 4.96. The largest absolute Gasteiger partial charge is 0.480 e. The molecule has 1 aromatic rings. The molecular weight excluding hydrogens is 330 g/mol. The van der Waals surface area contributed by atoms with Gasteiger partial charge in [0.05, 0.1) is 0 Å². The standard InChI is InChI=1S/C13H14BrNO3S/c1-8-9(3-2-4-10(8)14)12(16)15-5-6-19-7-11(15)13(17)18/h2-4,11H,5-7H2,1H3,(H,17,18). The summed E-state index contributed by atoms with van der Waals surface area (Å²) in [6.45, 7) is 2.33. The van der Waals surface area contributed by atoms with Crippen molar-refractivity contribution < 1.29 is 14.7 Å². The first kappa shape index (κ1) is 14.4. The Kier molecular flexibility index (Phi) is 4.52. The molecule has 2 rings (SSSR count). The maximum Gasteiger partial charge on any atom is 0.327 e. The Bertz CT molecular complexity index is 521. The summed E-state index contributed by atoms with van der Waals surface area (Å²) in [6, 6.07) is 4.67. The van der Waals surface area contributed by atoms with Crippen LogP contribution in [0.15, 0.2) is 22.7 Å². The van der Waals surface area contributed by atoms with Crippen molar-refractivity contribution in [2.24, 2.45) is 0 Å². The summed E-state index contributed by atoms with van der Waals surface area (Å²) in [7, 11) is 0. The van der Waals surface area contributed by atoms with Crippen molar-refractivity contribution in [2.75, 3.05) is 18.1 Å². The van der Waals surface area contributed by atoms with Crippen LogP contribution in [0.5, 0.6) is 0 Å². The number of hydrogen-bond acceptors (Lipinski definition) is 3. The lowest BCUT2D eigenvalue weighted by Gasteiger charge is -2.33. The second-order valence-corrected chi connectivity index (χ2v) is 6.34. The molecule has 1 heterocycles. The Hall–Kier alpha value is -1.01. The number of rotatable bonds is 2. The second kappa shape index (κ2) is 5.96. The summed E-state index contributed by atoms with van der Waals surface area (Å²) in [5.74, 6) is 0.0937. The highest BCUT2D eigenvalue weighted by atomic mass is 79.9. The smallest absolute Gasteiger partial charge is 0.327 e. The van der Waals surface area contributed by atoms with Crippen molar-refractivity contribution in [3.8, 4) is 0 Å². The van der Waals surface area contributed by atoms with Crippen LogP contribution in [0, 0.1) is 6.92 Å². The van der Waals surface area contributed by atoms with Gasteiger partial charge in [-0.3, -0.25) is 4.79 Å². The molecule has 19 heavy (non-hydrogen) atoms. The number of amides is 1. The normalized spacial score (nSPS) is 19.3. The molecule has 6 heteroatoms. The molecule has 1 amide bonds. The summed E-state index contributed by atoms with van der Waals surface area (Å²) in [6.07, 6.45) is 0. The number of carboxylic acids is 1. The van der Waals surface area contributed by atoms with Crippen molar-refractivity contribution in [3.05, 3.63) is 33.8 Å². The van der Waals surface area contributed by atoms with Gasteiger partial charge in [-0.05, 0) is 24.6 Å². The van der Waals surface area contributed by atoms with Crippen LogP contribution in [0.3, 0.4) is 0 Å². The molecular formula is C13H14BrNO3S. The molecule has 4 nitrogen and oxygen atoms in total. The first-order valence-corrected chi connectivity index (χ1v) is 7.83. The zero-order chi connectivity index (χ0) is 14.0. The first-order valence-electron chi connectivity index (χ1n) is 5.89. The Morgan fingerprint density at radius 2 is 2.21 bits per heavy atom. The minimum absolute atomic E-state index is 0.202. The van der Waals surface area contributed by atoms with Gasteiger partial charge in [-0.2, -0.15) is 11.8 Å². The number of thioether (sulfide) groups is 1. The Labute approximate surface area is 124 Å². The van der Waals surface area contributed by atoms with Crippen molar-refractivity contribution >= 4 is 39.6 Å². The summed E-state index contributed by atoms with van der Waals surface area (Å²) in [5, 5.41) is 9.21. The molecule has 0 radical (unpaired) electrons. The molecule has 1 aromatic carbocycles. The van der Waals surface area contributed by atoms with E-state index in [1.165, 1.54) is 4.90 Å². The fraction of sp³-hybridized carbons (Fsp3) is 0.385. The molecule has 1 atom stereocenters. The Morgan fingerprint density at radius 3 is 2.89 bits per heavy atom. The highest BCUT2D eigenvalue weighted by Gasteiger charge is 2.33. The second-order valence-electron chi connectivity index (χ2n) is 4.34. The number of carboxylic acid groups (broad SMARTS) is 1. The third kappa shape index (κ3) is 2.95. The summed E-state index contributed by atoms with van der Waals surface area (Å²) < 4.78 is 0.858. The van der Waals surface area contributed by atoms with E-state index in [4.69, 9.17) is 0 Å². The van der Waals surface area contributed by atoms with Crippen LogP contribution >= 0.6 is 27.7 Å². The van der Waals surface area contributed by atoms with E-state index in [9.17, 15) is 14.7 Å². The van der Waals surface area contributed by atoms with E-state index in [1.54, 1.807) is 23.9 Å². The fourth-order valence-electron chi connectivity index (χ4n) is 2.05. The predicted molar refractivity (Wildman–Crippen MR) is 78.7 cm³/mol. The molecule has 0 aromatic heterocycles. The maximum absolute atomic E-state index is 12.5. The molecule has 0 spiro atoms. The fourth-order valence-corrected chi connectivity index (χ4v) is 3.45. The van der Waals surface area contributed by atoms with Gasteiger partial charge in [-0.25, -0.2) is 4.79 Å². The molecule has 102 valence electrons. The molecule has 1 N–H and O–H groups in total. The van der Waals surface area contributed by atoms with E-state index in [1.807, 2.05) is 13.0 Å². The maximum atomic E-state index is 12.5. The molecule has 0 saturated carbocycles. The van der Waals surface area contributed by atoms with Crippen LogP contribution in [-0.4, -0.2) is 46.0 Å². The third-order valence-electron chi connectivity index (χ3n) is 3.17. The average Bonchev–Trinajstić information content (AvgIpc) is 2.41. The Morgan fingerprint density at radius 1 is 1.47 bits per heavy atom. The Balaban J connectivity index is 2.31. The lowest BCUT2D eigenvalue weighted by Crippen LogP contribution is -2.50. The summed E-state index contributed by atoms with van der Waals surface area (Å²) in [5.41, 5.74) is 1.40. The van der Waals surface area contributed by atoms with E-state index in [0.717, 1.165) is 15.8 Å². The van der Waals surface area contributed by atoms with E-state index in [2.05, 4.69) is 15.9 Å². The highest BCUT2D eigenvalue weighted by Crippen LogP contribution is 2.24. The van der Waals surface area contributed by atoms with Gasteiger partial charge in [0, 0.05) is 28.1 Å². The average molecular weight is 344 g/mol. The molecule has 1 saturated heterocycles. The quantitative estimate of drug-likeness (QED) is 0.895. The molecule has 0 bridgehead atoms. The number of nitrogens with zero attached hydrogens (tertiary/aromatic N) is 1.